The van der Waals surface area contributed by atoms with Crippen LogP contribution in [0, 0.1) is 0 Å². The van der Waals surface area contributed by atoms with Crippen LogP contribution in [0.1, 0.15) is 37.5 Å². The second-order valence-electron chi connectivity index (χ2n) is 5.63. The van der Waals surface area contributed by atoms with Crippen molar-refractivity contribution in [1.29, 1.82) is 0 Å². The molecule has 4 nitrogen and oxygen atoms in total. The highest BCUT2D eigenvalue weighted by molar-refractivity contribution is 7.18. The van der Waals surface area contributed by atoms with Crippen molar-refractivity contribution in [2.24, 2.45) is 0 Å². The van der Waals surface area contributed by atoms with Gasteiger partial charge in [-0.15, -0.1) is 11.3 Å². The zero-order valence-corrected chi connectivity index (χ0v) is 13.9. The minimum Gasteiger partial charge on any atom is -0.391 e. The molecule has 0 aliphatic heterocycles. The zero-order chi connectivity index (χ0) is 15.0. The van der Waals surface area contributed by atoms with Crippen LogP contribution >= 0.6 is 22.9 Å². The molecule has 2 unspecified atom stereocenters. The summed E-state index contributed by atoms with van der Waals surface area (Å²) in [7, 11) is 2.00. The highest BCUT2D eigenvalue weighted by Crippen LogP contribution is 2.34. The lowest BCUT2D eigenvalue weighted by Crippen LogP contribution is -2.43. The number of fused-ring (bicyclic) bond motifs is 1. The number of likely N-dealkylation sites (N-methyl/N-ethyl adjacent to an activating group) is 1. The molecule has 3 rings (SSSR count). The molecule has 1 aliphatic carbocycles. The summed E-state index contributed by atoms with van der Waals surface area (Å²) in [5.74, 6) is 0.840. The number of anilines is 1. The molecule has 0 spiro atoms. The van der Waals surface area contributed by atoms with Crippen molar-refractivity contribution >= 4 is 39.0 Å². The summed E-state index contributed by atoms with van der Waals surface area (Å²) in [6, 6.07) is 2.26. The van der Waals surface area contributed by atoms with Crippen molar-refractivity contribution in [3.63, 3.8) is 0 Å². The first-order valence-electron chi connectivity index (χ1n) is 7.47. The van der Waals surface area contributed by atoms with E-state index >= 15 is 0 Å². The summed E-state index contributed by atoms with van der Waals surface area (Å²) in [6.07, 6.45) is 4.79. The number of aromatic nitrogens is 2. The predicted octanol–water partition coefficient (Wildman–Crippen LogP) is 3.65. The molecule has 0 bridgehead atoms. The summed E-state index contributed by atoms with van der Waals surface area (Å²) < 4.78 is 0. The van der Waals surface area contributed by atoms with Gasteiger partial charge in [0.25, 0.3) is 0 Å². The molecule has 2 aromatic heterocycles. The van der Waals surface area contributed by atoms with Gasteiger partial charge in [0.1, 0.15) is 10.6 Å². The maximum absolute atomic E-state index is 10.3. The Kier molecular flexibility index (Phi) is 4.33. The summed E-state index contributed by atoms with van der Waals surface area (Å²) in [4.78, 5) is 13.1. The number of aryl methyl sites for hydroxylation is 1. The summed E-state index contributed by atoms with van der Waals surface area (Å²) in [5.41, 5.74) is 0. The van der Waals surface area contributed by atoms with Crippen molar-refractivity contribution in [1.82, 2.24) is 9.97 Å². The topological polar surface area (TPSA) is 49.2 Å². The summed E-state index contributed by atoms with van der Waals surface area (Å²) in [5, 5.41) is 11.6. The van der Waals surface area contributed by atoms with Crippen molar-refractivity contribution < 1.29 is 5.11 Å². The molecule has 1 aliphatic rings. The van der Waals surface area contributed by atoms with Crippen LogP contribution in [0.2, 0.25) is 5.28 Å². The standard InChI is InChI=1S/C15H20ClN3OS/c1-3-9-8-10-13(17-15(16)18-14(10)21-9)19(2)11-6-4-5-7-12(11)20/h8,11-12,20H,3-7H2,1-2H3. The molecule has 0 radical (unpaired) electrons. The smallest absolute Gasteiger partial charge is 0.225 e. The van der Waals surface area contributed by atoms with Crippen LogP contribution in [0.3, 0.4) is 0 Å². The maximum Gasteiger partial charge on any atom is 0.225 e. The number of halogens is 1. The zero-order valence-electron chi connectivity index (χ0n) is 12.3. The number of hydrogen-bond donors (Lipinski definition) is 1. The third-order valence-electron chi connectivity index (χ3n) is 4.27. The van der Waals surface area contributed by atoms with Gasteiger partial charge in [-0.2, -0.15) is 4.98 Å². The molecule has 0 amide bonds. The Morgan fingerprint density at radius 2 is 2.14 bits per heavy atom. The Bertz CT molecular complexity index is 645. The van der Waals surface area contributed by atoms with Gasteiger partial charge in [0.15, 0.2) is 0 Å². The van der Waals surface area contributed by atoms with E-state index in [1.165, 1.54) is 4.88 Å². The molecule has 2 heterocycles. The van der Waals surface area contributed by atoms with Gasteiger partial charge in [0.2, 0.25) is 5.28 Å². The quantitative estimate of drug-likeness (QED) is 0.875. The molecule has 2 atom stereocenters. The van der Waals surface area contributed by atoms with E-state index in [9.17, 15) is 5.11 Å². The lowest BCUT2D eigenvalue weighted by atomic mass is 9.91. The number of rotatable bonds is 3. The number of thiophene rings is 1. The van der Waals surface area contributed by atoms with Gasteiger partial charge < -0.3 is 10.0 Å². The number of hydrogen-bond acceptors (Lipinski definition) is 5. The molecular formula is C15H20ClN3OS. The Morgan fingerprint density at radius 1 is 1.38 bits per heavy atom. The van der Waals surface area contributed by atoms with Crippen LogP contribution in [0.4, 0.5) is 5.82 Å². The number of aliphatic hydroxyl groups excluding tert-OH is 1. The van der Waals surface area contributed by atoms with Crippen LogP contribution < -0.4 is 4.90 Å². The SMILES string of the molecule is CCc1cc2c(N(C)C3CCCCC3O)nc(Cl)nc2s1. The summed E-state index contributed by atoms with van der Waals surface area (Å²) in [6.45, 7) is 2.13. The second kappa shape index (κ2) is 6.07. The molecule has 0 aromatic carbocycles. The Balaban J connectivity index is 2.03. The van der Waals surface area contributed by atoms with Gasteiger partial charge in [0.05, 0.1) is 17.5 Å². The average Bonchev–Trinajstić information content (AvgIpc) is 2.89. The van der Waals surface area contributed by atoms with Gasteiger partial charge >= 0.3 is 0 Å². The minimum absolute atomic E-state index is 0.109. The van der Waals surface area contributed by atoms with E-state index in [1.54, 1.807) is 11.3 Å². The van der Waals surface area contributed by atoms with E-state index in [0.717, 1.165) is 48.1 Å². The van der Waals surface area contributed by atoms with Gasteiger partial charge in [-0.05, 0) is 36.9 Å². The molecule has 21 heavy (non-hydrogen) atoms. The third-order valence-corrected chi connectivity index (χ3v) is 5.61. The van der Waals surface area contributed by atoms with Crippen LogP contribution in [-0.4, -0.2) is 34.3 Å². The fourth-order valence-electron chi connectivity index (χ4n) is 3.07. The van der Waals surface area contributed by atoms with Crippen molar-refractivity contribution in [3.8, 4) is 0 Å². The third kappa shape index (κ3) is 2.87. The fraction of sp³-hybridized carbons (Fsp3) is 0.600. The Morgan fingerprint density at radius 3 is 2.86 bits per heavy atom. The maximum atomic E-state index is 10.3. The molecule has 6 heteroatoms. The summed E-state index contributed by atoms with van der Waals surface area (Å²) >= 11 is 7.76. The normalized spacial score (nSPS) is 22.7. The van der Waals surface area contributed by atoms with E-state index in [4.69, 9.17) is 11.6 Å². The van der Waals surface area contributed by atoms with Gasteiger partial charge in [-0.25, -0.2) is 4.98 Å². The van der Waals surface area contributed by atoms with E-state index in [0.29, 0.717) is 0 Å². The molecular weight excluding hydrogens is 306 g/mol. The van der Waals surface area contributed by atoms with Gasteiger partial charge in [0, 0.05) is 11.9 Å². The highest BCUT2D eigenvalue weighted by Gasteiger charge is 2.29. The molecule has 1 fully saturated rings. The molecule has 0 saturated heterocycles. The monoisotopic (exact) mass is 325 g/mol. The highest BCUT2D eigenvalue weighted by atomic mass is 35.5. The molecule has 1 saturated carbocycles. The first-order valence-corrected chi connectivity index (χ1v) is 8.66. The molecule has 114 valence electrons. The molecule has 1 N–H and O–H groups in total. The van der Waals surface area contributed by atoms with Crippen LogP contribution in [0.15, 0.2) is 6.07 Å². The largest absolute Gasteiger partial charge is 0.391 e. The lowest BCUT2D eigenvalue weighted by Gasteiger charge is -2.36. The average molecular weight is 326 g/mol. The van der Waals surface area contributed by atoms with Crippen molar-refractivity contribution in [3.05, 3.63) is 16.2 Å². The van der Waals surface area contributed by atoms with E-state index < -0.39 is 0 Å². The Hall–Kier alpha value is -0.910. The number of aliphatic hydroxyl groups is 1. The molecule has 2 aromatic rings. The Labute approximate surface area is 133 Å². The van der Waals surface area contributed by atoms with Gasteiger partial charge in [-0.1, -0.05) is 19.8 Å². The lowest BCUT2D eigenvalue weighted by molar-refractivity contribution is 0.106. The van der Waals surface area contributed by atoms with Crippen LogP contribution in [0.5, 0.6) is 0 Å². The van der Waals surface area contributed by atoms with Crippen molar-refractivity contribution in [2.75, 3.05) is 11.9 Å². The van der Waals surface area contributed by atoms with E-state index in [-0.39, 0.29) is 17.4 Å². The van der Waals surface area contributed by atoms with E-state index in [1.807, 2.05) is 7.05 Å². The fourth-order valence-corrected chi connectivity index (χ4v) is 4.25. The first-order chi connectivity index (χ1) is 10.1. The number of nitrogens with zero attached hydrogens (tertiary/aromatic N) is 3. The van der Waals surface area contributed by atoms with Crippen molar-refractivity contribution in [2.45, 2.75) is 51.2 Å². The van der Waals surface area contributed by atoms with E-state index in [2.05, 4.69) is 27.9 Å². The van der Waals surface area contributed by atoms with Crippen LogP contribution in [-0.2, 0) is 6.42 Å². The second-order valence-corrected chi connectivity index (χ2v) is 7.08. The predicted molar refractivity (Wildman–Crippen MR) is 88.5 cm³/mol. The minimum atomic E-state index is -0.295. The first kappa shape index (κ1) is 15.0. The van der Waals surface area contributed by atoms with Gasteiger partial charge in [-0.3, -0.25) is 0 Å². The van der Waals surface area contributed by atoms with Crippen LogP contribution in [0.25, 0.3) is 10.2 Å².